The van der Waals surface area contributed by atoms with E-state index < -0.39 is 17.7 Å². The predicted octanol–water partition coefficient (Wildman–Crippen LogP) is 2.81. The molecule has 0 fully saturated rings. The average Bonchev–Trinajstić information content (AvgIpc) is 2.25. The van der Waals surface area contributed by atoms with Crippen LogP contribution in [0, 0.1) is 0 Å². The molecule has 5 nitrogen and oxygen atoms in total. The first-order valence-corrected chi connectivity index (χ1v) is 6.22. The molecule has 0 N–H and O–H groups in total. The number of unbranched alkanes of at least 4 members (excludes halogenated alkanes) is 1. The zero-order valence-corrected chi connectivity index (χ0v) is 11.5. The third-order valence-electron chi connectivity index (χ3n) is 2.36. The molecule has 0 spiro atoms. The Balaban J connectivity index is 2.75. The van der Waals surface area contributed by atoms with Crippen LogP contribution in [0.3, 0.4) is 0 Å². The van der Waals surface area contributed by atoms with Crippen molar-refractivity contribution in [3.05, 3.63) is 12.0 Å². The highest BCUT2D eigenvalue weighted by Gasteiger charge is 2.29. The number of esters is 1. The third kappa shape index (κ3) is 4.39. The predicted molar refractivity (Wildman–Crippen MR) is 66.6 cm³/mol. The van der Waals surface area contributed by atoms with E-state index in [4.69, 9.17) is 9.47 Å². The van der Waals surface area contributed by atoms with Crippen LogP contribution in [0.25, 0.3) is 0 Å². The number of nitrogens with zero attached hydrogens (tertiary/aromatic N) is 1. The van der Waals surface area contributed by atoms with E-state index in [1.165, 1.54) is 11.2 Å². The SMILES string of the molecule is CCCCC1=COC(=O)CN1C(=O)OC(C)(C)C. The number of amides is 1. The number of hydrogen-bond acceptors (Lipinski definition) is 4. The van der Waals surface area contributed by atoms with Crippen molar-refractivity contribution in [1.29, 1.82) is 0 Å². The van der Waals surface area contributed by atoms with Gasteiger partial charge in [-0.2, -0.15) is 0 Å². The molecule has 102 valence electrons. The van der Waals surface area contributed by atoms with Crippen molar-refractivity contribution in [2.24, 2.45) is 0 Å². The molecule has 0 radical (unpaired) electrons. The highest BCUT2D eigenvalue weighted by atomic mass is 16.6. The van der Waals surface area contributed by atoms with Crippen molar-refractivity contribution >= 4 is 12.1 Å². The molecule has 1 aliphatic rings. The van der Waals surface area contributed by atoms with Gasteiger partial charge in [0.25, 0.3) is 0 Å². The monoisotopic (exact) mass is 255 g/mol. The highest BCUT2D eigenvalue weighted by molar-refractivity contribution is 5.81. The number of carbonyl (C=O) groups is 2. The second kappa shape index (κ2) is 5.89. The highest BCUT2D eigenvalue weighted by Crippen LogP contribution is 2.20. The number of allylic oxidation sites excluding steroid dienone is 1. The maximum atomic E-state index is 12.0. The first kappa shape index (κ1) is 14.5. The summed E-state index contributed by atoms with van der Waals surface area (Å²) in [5.41, 5.74) is 0.125. The maximum absolute atomic E-state index is 12.0. The van der Waals surface area contributed by atoms with Gasteiger partial charge in [-0.25, -0.2) is 9.59 Å². The summed E-state index contributed by atoms with van der Waals surface area (Å²) in [7, 11) is 0. The van der Waals surface area contributed by atoms with Crippen molar-refractivity contribution in [2.75, 3.05) is 6.54 Å². The lowest BCUT2D eigenvalue weighted by atomic mass is 10.2. The van der Waals surface area contributed by atoms with Gasteiger partial charge in [0.15, 0.2) is 0 Å². The Morgan fingerprint density at radius 3 is 2.72 bits per heavy atom. The molecular weight excluding hydrogens is 234 g/mol. The minimum atomic E-state index is -0.575. The van der Waals surface area contributed by atoms with Crippen molar-refractivity contribution < 1.29 is 19.1 Å². The minimum Gasteiger partial charge on any atom is -0.443 e. The van der Waals surface area contributed by atoms with Gasteiger partial charge in [0, 0.05) is 0 Å². The smallest absolute Gasteiger partial charge is 0.415 e. The quantitative estimate of drug-likeness (QED) is 0.728. The topological polar surface area (TPSA) is 55.8 Å². The van der Waals surface area contributed by atoms with Crippen LogP contribution >= 0.6 is 0 Å². The molecular formula is C13H21NO4. The molecule has 0 aromatic carbocycles. The summed E-state index contributed by atoms with van der Waals surface area (Å²) in [5.74, 6) is -0.443. The Morgan fingerprint density at radius 1 is 1.50 bits per heavy atom. The molecule has 1 heterocycles. The van der Waals surface area contributed by atoms with Gasteiger partial charge >= 0.3 is 12.1 Å². The number of hydrogen-bond donors (Lipinski definition) is 0. The fourth-order valence-corrected chi connectivity index (χ4v) is 1.52. The van der Waals surface area contributed by atoms with Crippen molar-refractivity contribution in [3.8, 4) is 0 Å². The van der Waals surface area contributed by atoms with Crippen molar-refractivity contribution in [2.45, 2.75) is 52.6 Å². The van der Waals surface area contributed by atoms with E-state index in [1.807, 2.05) is 0 Å². The molecule has 0 saturated carbocycles. The van der Waals surface area contributed by atoms with Gasteiger partial charge < -0.3 is 9.47 Å². The van der Waals surface area contributed by atoms with Crippen LogP contribution in [0.4, 0.5) is 4.79 Å². The molecule has 0 saturated heterocycles. The molecule has 1 rings (SSSR count). The summed E-state index contributed by atoms with van der Waals surface area (Å²) in [5, 5.41) is 0. The van der Waals surface area contributed by atoms with Gasteiger partial charge in [0.2, 0.25) is 0 Å². The normalized spacial score (nSPS) is 16.1. The molecule has 1 amide bonds. The minimum absolute atomic E-state index is 0.0789. The van der Waals surface area contributed by atoms with E-state index >= 15 is 0 Å². The summed E-state index contributed by atoms with van der Waals surface area (Å²) in [6.07, 6.45) is 3.49. The standard InChI is InChI=1S/C13H21NO4/c1-5-6-7-10-9-17-11(15)8-14(10)12(16)18-13(2,3)4/h9H,5-8H2,1-4H3. The molecule has 0 aromatic heterocycles. The Labute approximate surface area is 108 Å². The maximum Gasteiger partial charge on any atom is 0.415 e. The average molecular weight is 255 g/mol. The van der Waals surface area contributed by atoms with E-state index in [-0.39, 0.29) is 6.54 Å². The second-order valence-electron chi connectivity index (χ2n) is 5.27. The van der Waals surface area contributed by atoms with Crippen LogP contribution in [0.5, 0.6) is 0 Å². The van der Waals surface area contributed by atoms with Crippen LogP contribution in [0.15, 0.2) is 12.0 Å². The van der Waals surface area contributed by atoms with Gasteiger partial charge in [0.1, 0.15) is 18.4 Å². The number of rotatable bonds is 3. The van der Waals surface area contributed by atoms with Crippen LogP contribution in [0.1, 0.15) is 47.0 Å². The zero-order chi connectivity index (χ0) is 13.8. The van der Waals surface area contributed by atoms with E-state index in [1.54, 1.807) is 20.8 Å². The second-order valence-corrected chi connectivity index (χ2v) is 5.27. The van der Waals surface area contributed by atoms with E-state index in [9.17, 15) is 9.59 Å². The van der Waals surface area contributed by atoms with Crippen LogP contribution in [-0.4, -0.2) is 29.1 Å². The van der Waals surface area contributed by atoms with Crippen molar-refractivity contribution in [3.63, 3.8) is 0 Å². The lowest BCUT2D eigenvalue weighted by Crippen LogP contribution is -2.41. The first-order valence-electron chi connectivity index (χ1n) is 6.22. The van der Waals surface area contributed by atoms with Gasteiger partial charge in [0.05, 0.1) is 5.70 Å². The Hall–Kier alpha value is -1.52. The third-order valence-corrected chi connectivity index (χ3v) is 2.36. The summed E-state index contributed by atoms with van der Waals surface area (Å²) < 4.78 is 10.1. The molecule has 0 bridgehead atoms. The summed E-state index contributed by atoms with van der Waals surface area (Å²) in [6, 6.07) is 0. The Morgan fingerprint density at radius 2 is 2.17 bits per heavy atom. The molecule has 18 heavy (non-hydrogen) atoms. The van der Waals surface area contributed by atoms with Gasteiger partial charge in [-0.15, -0.1) is 0 Å². The summed E-state index contributed by atoms with van der Waals surface area (Å²) in [6.45, 7) is 7.37. The van der Waals surface area contributed by atoms with E-state index in [0.717, 1.165) is 12.8 Å². The zero-order valence-electron chi connectivity index (χ0n) is 11.5. The van der Waals surface area contributed by atoms with Crippen LogP contribution < -0.4 is 0 Å². The van der Waals surface area contributed by atoms with Crippen LogP contribution in [-0.2, 0) is 14.3 Å². The summed E-state index contributed by atoms with van der Waals surface area (Å²) in [4.78, 5) is 24.6. The molecule has 0 unspecified atom stereocenters. The molecule has 0 aliphatic carbocycles. The number of ether oxygens (including phenoxy) is 2. The largest absolute Gasteiger partial charge is 0.443 e. The van der Waals surface area contributed by atoms with E-state index in [2.05, 4.69) is 6.92 Å². The summed E-state index contributed by atoms with van der Waals surface area (Å²) >= 11 is 0. The van der Waals surface area contributed by atoms with Crippen LogP contribution in [0.2, 0.25) is 0 Å². The molecule has 5 heteroatoms. The Bertz CT molecular complexity index is 354. The fraction of sp³-hybridized carbons (Fsp3) is 0.692. The molecule has 1 aliphatic heterocycles. The Kier molecular flexibility index (Phi) is 4.76. The number of cyclic esters (lactones) is 1. The van der Waals surface area contributed by atoms with Gasteiger partial charge in [-0.1, -0.05) is 13.3 Å². The number of carbonyl (C=O) groups excluding carboxylic acids is 2. The lowest BCUT2D eigenvalue weighted by molar-refractivity contribution is -0.140. The molecule has 0 atom stereocenters. The fourth-order valence-electron chi connectivity index (χ4n) is 1.52. The van der Waals surface area contributed by atoms with Crippen molar-refractivity contribution in [1.82, 2.24) is 4.90 Å². The lowest BCUT2D eigenvalue weighted by Gasteiger charge is -2.30. The first-order chi connectivity index (χ1) is 8.33. The van der Waals surface area contributed by atoms with Gasteiger partial charge in [-0.3, -0.25) is 4.90 Å². The molecule has 0 aromatic rings. The van der Waals surface area contributed by atoms with Gasteiger partial charge in [-0.05, 0) is 33.6 Å². The van der Waals surface area contributed by atoms with E-state index in [0.29, 0.717) is 12.1 Å².